The maximum atomic E-state index is 13.6. The number of nitrogens with one attached hydrogen (secondary N) is 1. The third kappa shape index (κ3) is 2.70. The van der Waals surface area contributed by atoms with E-state index >= 15 is 0 Å². The van der Waals surface area contributed by atoms with Crippen LogP contribution in [-0.4, -0.2) is 25.0 Å². The van der Waals surface area contributed by atoms with Gasteiger partial charge >= 0.3 is 0 Å². The van der Waals surface area contributed by atoms with Crippen LogP contribution in [0.5, 0.6) is 0 Å². The van der Waals surface area contributed by atoms with E-state index in [9.17, 15) is 12.8 Å². The third-order valence-electron chi connectivity index (χ3n) is 3.96. The lowest BCUT2D eigenvalue weighted by molar-refractivity contribution is 0.474. The number of hydrogen-bond acceptors (Lipinski definition) is 4. The number of hydrogen-bond donors (Lipinski definition) is 1. The average molecular weight is 348 g/mol. The number of sulfone groups is 1. The molecule has 1 unspecified atom stereocenters. The molecule has 1 aliphatic rings. The van der Waals surface area contributed by atoms with Crippen molar-refractivity contribution in [3.63, 3.8) is 0 Å². The highest BCUT2D eigenvalue weighted by Gasteiger charge is 2.44. The summed E-state index contributed by atoms with van der Waals surface area (Å²) in [6, 6.07) is 2.86. The molecule has 24 heavy (non-hydrogen) atoms. The van der Waals surface area contributed by atoms with Crippen LogP contribution >= 0.6 is 0 Å². The van der Waals surface area contributed by atoms with E-state index in [1.165, 1.54) is 6.08 Å². The zero-order valence-electron chi connectivity index (χ0n) is 14.1. The quantitative estimate of drug-likeness (QED) is 0.901. The van der Waals surface area contributed by atoms with Crippen LogP contribution in [0, 0.1) is 5.82 Å². The first kappa shape index (κ1) is 15.3. The van der Waals surface area contributed by atoms with E-state index in [1.807, 2.05) is 6.07 Å². The van der Waals surface area contributed by atoms with Gasteiger partial charge in [-0.1, -0.05) is 18.2 Å². The van der Waals surface area contributed by atoms with E-state index in [2.05, 4.69) is 10.3 Å². The fourth-order valence-electron chi connectivity index (χ4n) is 2.77. The first-order chi connectivity index (χ1) is 11.9. The molecule has 7 heteroatoms. The molecule has 0 bridgehead atoms. The van der Waals surface area contributed by atoms with Crippen molar-refractivity contribution in [2.75, 3.05) is 7.05 Å². The fraction of sp³-hybridized carbons (Fsp3) is 0.235. The predicted octanol–water partition coefficient (Wildman–Crippen LogP) is 2.38. The Balaban J connectivity index is 2.20. The van der Waals surface area contributed by atoms with E-state index < -0.39 is 20.5 Å². The predicted molar refractivity (Wildman–Crippen MR) is 89.4 cm³/mol. The maximum Gasteiger partial charge on any atom is 0.208 e. The zero-order chi connectivity index (χ0) is 18.1. The Morgan fingerprint density at radius 1 is 1.50 bits per heavy atom. The van der Waals surface area contributed by atoms with Crippen LogP contribution in [0.15, 0.2) is 66.1 Å². The van der Waals surface area contributed by atoms with Crippen molar-refractivity contribution in [1.82, 2.24) is 14.9 Å². The molecule has 0 spiro atoms. The number of aromatic nitrogens is 2. The zero-order valence-corrected chi connectivity index (χ0v) is 13.9. The fourth-order valence-corrected chi connectivity index (χ4v) is 4.57. The highest BCUT2D eigenvalue weighted by atomic mass is 32.2. The number of pyridine rings is 1. The van der Waals surface area contributed by atoms with Gasteiger partial charge in [0.25, 0.3) is 0 Å². The minimum Gasteiger partial charge on any atom is -0.331 e. The van der Waals surface area contributed by atoms with Crippen molar-refractivity contribution in [2.24, 2.45) is 0 Å². The summed E-state index contributed by atoms with van der Waals surface area (Å²) < 4.78 is 49.8. The Labute approximate surface area is 141 Å². The first-order valence-corrected chi connectivity index (χ1v) is 8.90. The molecule has 1 N–H and O–H groups in total. The molecule has 1 atom stereocenters. The molecule has 126 valence electrons. The second-order valence-corrected chi connectivity index (χ2v) is 7.75. The van der Waals surface area contributed by atoms with Gasteiger partial charge in [-0.15, -0.1) is 0 Å². The monoisotopic (exact) mass is 348 g/mol. The van der Waals surface area contributed by atoms with Crippen molar-refractivity contribution >= 4 is 9.84 Å². The van der Waals surface area contributed by atoms with Gasteiger partial charge < -0.3 is 9.88 Å². The van der Waals surface area contributed by atoms with Crippen molar-refractivity contribution in [2.45, 2.75) is 22.7 Å². The van der Waals surface area contributed by atoms with Gasteiger partial charge in [0.2, 0.25) is 9.84 Å². The van der Waals surface area contributed by atoms with E-state index in [4.69, 9.17) is 1.37 Å². The Bertz CT molecular complexity index is 952. The smallest absolute Gasteiger partial charge is 0.208 e. The van der Waals surface area contributed by atoms with E-state index in [0.29, 0.717) is 6.54 Å². The Kier molecular flexibility index (Phi) is 4.03. The van der Waals surface area contributed by atoms with Crippen LogP contribution in [0.3, 0.4) is 0 Å². The van der Waals surface area contributed by atoms with Gasteiger partial charge in [0.1, 0.15) is 5.82 Å². The normalized spacial score (nSPS) is 21.4. The molecule has 0 radical (unpaired) electrons. The average Bonchev–Trinajstić information content (AvgIpc) is 3.04. The molecule has 1 aliphatic carbocycles. The number of nitrogens with zero attached hydrogens (tertiary/aromatic N) is 2. The van der Waals surface area contributed by atoms with Gasteiger partial charge in [0.05, 0.1) is 12.5 Å². The lowest BCUT2D eigenvalue weighted by Gasteiger charge is -2.32. The van der Waals surface area contributed by atoms with E-state index in [0.717, 1.165) is 24.0 Å². The molecule has 3 rings (SSSR count). The molecule has 0 saturated heterocycles. The highest BCUT2D eigenvalue weighted by Crippen LogP contribution is 2.38. The topological polar surface area (TPSA) is 64.0 Å². The summed E-state index contributed by atoms with van der Waals surface area (Å²) in [7, 11) is -2.24. The summed E-state index contributed by atoms with van der Waals surface area (Å²) in [5, 5.41) is 3.01. The molecule has 0 saturated carbocycles. The van der Waals surface area contributed by atoms with Crippen molar-refractivity contribution < 1.29 is 14.2 Å². The van der Waals surface area contributed by atoms with Crippen LogP contribution in [0.2, 0.25) is 0 Å². The summed E-state index contributed by atoms with van der Waals surface area (Å²) in [4.78, 5) is 1.92. The Hall–Kier alpha value is -2.25. The SMILES string of the molecule is [2H]C1=CC(n2ccc(CNC)c2)(S(=O)(=O)c2cncc(F)c2)CC=C1. The van der Waals surface area contributed by atoms with Gasteiger partial charge in [-0.05, 0) is 30.8 Å². The van der Waals surface area contributed by atoms with E-state index in [1.54, 1.807) is 36.2 Å². The standard InChI is InChI=1S/C17H18FN3O2S/c1-19-10-14-5-8-21(13-14)17(6-3-2-4-7-17)24(22,23)16-9-15(18)11-20-12-16/h2-6,8-9,11-13,19H,7,10H2,1H3/i3D. The minimum absolute atomic E-state index is 0.0862. The van der Waals surface area contributed by atoms with Crippen LogP contribution in [-0.2, 0) is 21.3 Å². The van der Waals surface area contributed by atoms with Gasteiger partial charge in [-0.2, -0.15) is 0 Å². The van der Waals surface area contributed by atoms with Crippen molar-refractivity contribution in [1.29, 1.82) is 0 Å². The molecule has 2 aromatic heterocycles. The molecule has 0 aliphatic heterocycles. The second kappa shape index (κ2) is 6.33. The van der Waals surface area contributed by atoms with Crippen LogP contribution in [0.25, 0.3) is 0 Å². The Morgan fingerprint density at radius 3 is 3.04 bits per heavy atom. The van der Waals surface area contributed by atoms with Crippen molar-refractivity contribution in [3.05, 3.63) is 72.6 Å². The number of rotatable bonds is 5. The van der Waals surface area contributed by atoms with Gasteiger partial charge in [-0.3, -0.25) is 4.98 Å². The summed E-state index contributed by atoms with van der Waals surface area (Å²) in [5.74, 6) is -0.721. The Morgan fingerprint density at radius 2 is 2.33 bits per heavy atom. The summed E-state index contributed by atoms with van der Waals surface area (Å²) in [6.45, 7) is 0.581. The summed E-state index contributed by atoms with van der Waals surface area (Å²) in [5.41, 5.74) is 0.906. The molecule has 0 fully saturated rings. The number of halogens is 1. The maximum absolute atomic E-state index is 13.6. The molecule has 2 aromatic rings. The summed E-state index contributed by atoms with van der Waals surface area (Å²) in [6.07, 6.45) is 10.2. The largest absolute Gasteiger partial charge is 0.331 e. The van der Waals surface area contributed by atoms with Gasteiger partial charge in [-0.25, -0.2) is 12.8 Å². The van der Waals surface area contributed by atoms with Gasteiger partial charge in [0.15, 0.2) is 4.87 Å². The lowest BCUT2D eigenvalue weighted by Crippen LogP contribution is -2.40. The second-order valence-electron chi connectivity index (χ2n) is 5.56. The third-order valence-corrected chi connectivity index (χ3v) is 6.23. The molecular weight excluding hydrogens is 329 g/mol. The molecule has 0 amide bonds. The van der Waals surface area contributed by atoms with Crippen molar-refractivity contribution in [3.8, 4) is 0 Å². The molecule has 0 aromatic carbocycles. The first-order valence-electron chi connectivity index (χ1n) is 7.92. The number of allylic oxidation sites excluding steroid dienone is 3. The van der Waals surface area contributed by atoms with E-state index in [-0.39, 0.29) is 17.4 Å². The van der Waals surface area contributed by atoms with Crippen LogP contribution in [0.4, 0.5) is 4.39 Å². The van der Waals surface area contributed by atoms with Crippen LogP contribution < -0.4 is 5.32 Å². The highest BCUT2D eigenvalue weighted by molar-refractivity contribution is 7.92. The molecular formula is C17H18FN3O2S. The molecule has 5 nitrogen and oxygen atoms in total. The van der Waals surface area contributed by atoms with Gasteiger partial charge in [0, 0.05) is 31.6 Å². The minimum atomic E-state index is -4.04. The molecule has 2 heterocycles. The summed E-state index contributed by atoms with van der Waals surface area (Å²) >= 11 is 0. The lowest BCUT2D eigenvalue weighted by atomic mass is 10.1. The van der Waals surface area contributed by atoms with Crippen LogP contribution in [0.1, 0.15) is 13.4 Å².